The topological polar surface area (TPSA) is 64.3 Å². The van der Waals surface area contributed by atoms with E-state index in [2.05, 4.69) is 33.0 Å². The van der Waals surface area contributed by atoms with Gasteiger partial charge in [0.2, 0.25) is 5.91 Å². The van der Waals surface area contributed by atoms with Crippen molar-refractivity contribution in [3.8, 4) is 0 Å². The van der Waals surface area contributed by atoms with E-state index in [4.69, 9.17) is 10.5 Å². The van der Waals surface area contributed by atoms with Crippen molar-refractivity contribution in [2.24, 2.45) is 22.5 Å². The predicted molar refractivity (Wildman–Crippen MR) is 68.5 cm³/mol. The van der Waals surface area contributed by atoms with Crippen LogP contribution in [-0.2, 0) is 9.53 Å². The lowest BCUT2D eigenvalue weighted by Gasteiger charge is -2.17. The Labute approximate surface area is 104 Å². The van der Waals surface area contributed by atoms with Crippen LogP contribution in [0.25, 0.3) is 0 Å². The molecule has 1 rings (SSSR count). The van der Waals surface area contributed by atoms with Crippen molar-refractivity contribution in [1.29, 1.82) is 0 Å². The number of hydrogen-bond acceptors (Lipinski definition) is 3. The Hall–Kier alpha value is -0.610. The largest absolute Gasteiger partial charge is 0.385 e. The molecule has 0 aromatic heterocycles. The second-order valence-corrected chi connectivity index (χ2v) is 6.10. The van der Waals surface area contributed by atoms with Gasteiger partial charge in [-0.3, -0.25) is 4.79 Å². The average Bonchev–Trinajstić information content (AvgIpc) is 2.64. The highest BCUT2D eigenvalue weighted by Gasteiger charge is 2.68. The molecule has 1 atom stereocenters. The Bertz CT molecular complexity index is 273. The van der Waals surface area contributed by atoms with Crippen molar-refractivity contribution < 1.29 is 9.53 Å². The van der Waals surface area contributed by atoms with Crippen LogP contribution in [0, 0.1) is 16.7 Å². The fourth-order valence-corrected chi connectivity index (χ4v) is 2.65. The monoisotopic (exact) mass is 242 g/mol. The summed E-state index contributed by atoms with van der Waals surface area (Å²) in [5.41, 5.74) is 5.81. The predicted octanol–water partition coefficient (Wildman–Crippen LogP) is 1.15. The van der Waals surface area contributed by atoms with Crippen LogP contribution in [0.4, 0.5) is 0 Å². The van der Waals surface area contributed by atoms with Crippen LogP contribution >= 0.6 is 0 Å². The maximum absolute atomic E-state index is 12.2. The number of carbonyl (C=O) groups excluding carboxylic acids is 1. The van der Waals surface area contributed by atoms with E-state index in [0.29, 0.717) is 13.2 Å². The lowest BCUT2D eigenvalue weighted by molar-refractivity contribution is -0.124. The van der Waals surface area contributed by atoms with E-state index in [0.717, 1.165) is 6.42 Å². The van der Waals surface area contributed by atoms with Crippen LogP contribution in [0.15, 0.2) is 0 Å². The Balaban J connectivity index is 2.50. The average molecular weight is 242 g/mol. The first-order chi connectivity index (χ1) is 7.79. The molecule has 1 fully saturated rings. The van der Waals surface area contributed by atoms with E-state index in [1.54, 1.807) is 7.11 Å². The van der Waals surface area contributed by atoms with Crippen LogP contribution in [0.3, 0.4) is 0 Å². The summed E-state index contributed by atoms with van der Waals surface area (Å²) in [5, 5.41) is 3.03. The Morgan fingerprint density at radius 3 is 2.24 bits per heavy atom. The number of carbonyl (C=O) groups is 1. The molecule has 3 N–H and O–H groups in total. The quantitative estimate of drug-likeness (QED) is 0.734. The fraction of sp³-hybridized carbons (Fsp3) is 0.923. The lowest BCUT2D eigenvalue weighted by Crippen LogP contribution is -2.42. The normalized spacial score (nSPS) is 23.2. The Kier molecular flexibility index (Phi) is 4.20. The van der Waals surface area contributed by atoms with Crippen molar-refractivity contribution in [3.63, 3.8) is 0 Å². The molecule has 0 saturated heterocycles. The van der Waals surface area contributed by atoms with Crippen LogP contribution < -0.4 is 11.1 Å². The van der Waals surface area contributed by atoms with Gasteiger partial charge in [-0.25, -0.2) is 0 Å². The first kappa shape index (κ1) is 14.5. The molecule has 0 bridgehead atoms. The minimum absolute atomic E-state index is 0.0228. The number of nitrogens with two attached hydrogens (primary N) is 1. The lowest BCUT2D eigenvalue weighted by atomic mass is 10.0. The highest BCUT2D eigenvalue weighted by molar-refractivity contribution is 5.84. The van der Waals surface area contributed by atoms with E-state index in [1.165, 1.54) is 0 Å². The minimum Gasteiger partial charge on any atom is -0.385 e. The van der Waals surface area contributed by atoms with Crippen molar-refractivity contribution in [1.82, 2.24) is 5.32 Å². The standard InChI is InChI=1S/C13H26N2O2/c1-12(2)10(13(12,3)4)11(16)15-9(8-14)6-7-17-5/h9-10H,6-8,14H2,1-5H3,(H,15,16). The zero-order valence-corrected chi connectivity index (χ0v) is 11.7. The summed E-state index contributed by atoms with van der Waals surface area (Å²) >= 11 is 0. The molecule has 0 radical (unpaired) electrons. The molecule has 0 spiro atoms. The molecule has 1 amide bonds. The maximum atomic E-state index is 12.2. The molecule has 17 heavy (non-hydrogen) atoms. The van der Waals surface area contributed by atoms with Crippen molar-refractivity contribution in [2.45, 2.75) is 40.2 Å². The van der Waals surface area contributed by atoms with E-state index in [1.807, 2.05) is 0 Å². The molecule has 0 aromatic carbocycles. The van der Waals surface area contributed by atoms with Gasteiger partial charge in [0.25, 0.3) is 0 Å². The summed E-state index contributed by atoms with van der Waals surface area (Å²) in [6, 6.07) is 0.0228. The van der Waals surface area contributed by atoms with E-state index in [9.17, 15) is 4.79 Å². The SMILES string of the molecule is COCCC(CN)NC(=O)C1C(C)(C)C1(C)C. The van der Waals surface area contributed by atoms with Gasteiger partial charge in [-0.05, 0) is 17.3 Å². The molecule has 1 unspecified atom stereocenters. The molecule has 1 aliphatic rings. The van der Waals surface area contributed by atoms with Gasteiger partial charge in [-0.1, -0.05) is 27.7 Å². The number of ether oxygens (including phenoxy) is 1. The maximum Gasteiger partial charge on any atom is 0.224 e. The summed E-state index contributed by atoms with van der Waals surface area (Å²) < 4.78 is 5.01. The van der Waals surface area contributed by atoms with Gasteiger partial charge >= 0.3 is 0 Å². The number of methoxy groups -OCH3 is 1. The van der Waals surface area contributed by atoms with Gasteiger partial charge in [-0.15, -0.1) is 0 Å². The fourth-order valence-electron chi connectivity index (χ4n) is 2.65. The van der Waals surface area contributed by atoms with Gasteiger partial charge in [0.1, 0.15) is 0 Å². The van der Waals surface area contributed by atoms with E-state index in [-0.39, 0.29) is 28.7 Å². The van der Waals surface area contributed by atoms with Crippen LogP contribution in [0.2, 0.25) is 0 Å². The number of amides is 1. The van der Waals surface area contributed by atoms with Crippen LogP contribution in [0.5, 0.6) is 0 Å². The van der Waals surface area contributed by atoms with E-state index >= 15 is 0 Å². The third-order valence-corrected chi connectivity index (χ3v) is 4.58. The van der Waals surface area contributed by atoms with Gasteiger partial charge in [-0.2, -0.15) is 0 Å². The van der Waals surface area contributed by atoms with Crippen molar-refractivity contribution in [2.75, 3.05) is 20.3 Å². The summed E-state index contributed by atoms with van der Waals surface area (Å²) in [5.74, 6) is 0.221. The number of hydrogen-bond donors (Lipinski definition) is 2. The van der Waals surface area contributed by atoms with Crippen LogP contribution in [0.1, 0.15) is 34.1 Å². The van der Waals surface area contributed by atoms with E-state index < -0.39 is 0 Å². The third kappa shape index (κ3) is 2.63. The zero-order chi connectivity index (χ0) is 13.3. The van der Waals surface area contributed by atoms with Crippen molar-refractivity contribution >= 4 is 5.91 Å². The molecule has 4 heteroatoms. The second-order valence-electron chi connectivity index (χ2n) is 6.10. The van der Waals surface area contributed by atoms with Crippen LogP contribution in [-0.4, -0.2) is 32.2 Å². The Morgan fingerprint density at radius 1 is 1.35 bits per heavy atom. The van der Waals surface area contributed by atoms with Gasteiger partial charge in [0.15, 0.2) is 0 Å². The molecule has 4 nitrogen and oxygen atoms in total. The zero-order valence-electron chi connectivity index (χ0n) is 11.7. The number of rotatable bonds is 6. The highest BCUT2D eigenvalue weighted by atomic mass is 16.5. The first-order valence-electron chi connectivity index (χ1n) is 6.28. The summed E-state index contributed by atoms with van der Waals surface area (Å²) in [4.78, 5) is 12.2. The molecule has 0 aromatic rings. The molecular weight excluding hydrogens is 216 g/mol. The highest BCUT2D eigenvalue weighted by Crippen LogP contribution is 2.68. The van der Waals surface area contributed by atoms with Gasteiger partial charge < -0.3 is 15.8 Å². The number of nitrogens with one attached hydrogen (secondary N) is 1. The van der Waals surface area contributed by atoms with Crippen molar-refractivity contribution in [3.05, 3.63) is 0 Å². The summed E-state index contributed by atoms with van der Waals surface area (Å²) in [6.07, 6.45) is 0.770. The molecule has 100 valence electrons. The molecule has 1 saturated carbocycles. The molecule has 0 heterocycles. The molecule has 0 aliphatic heterocycles. The molecule has 1 aliphatic carbocycles. The Morgan fingerprint density at radius 2 is 1.88 bits per heavy atom. The first-order valence-corrected chi connectivity index (χ1v) is 6.28. The summed E-state index contributed by atoms with van der Waals surface area (Å²) in [6.45, 7) is 9.66. The van der Waals surface area contributed by atoms with Gasteiger partial charge in [0.05, 0.1) is 0 Å². The second kappa shape index (κ2) is 4.94. The smallest absolute Gasteiger partial charge is 0.224 e. The summed E-state index contributed by atoms with van der Waals surface area (Å²) in [7, 11) is 1.66. The minimum atomic E-state index is 0.0228. The third-order valence-electron chi connectivity index (χ3n) is 4.58. The van der Waals surface area contributed by atoms with Gasteiger partial charge in [0, 0.05) is 32.2 Å². The molecular formula is C13H26N2O2.